The monoisotopic (exact) mass is 546 g/mol. The molecule has 4 bridgehead atoms. The van der Waals surface area contributed by atoms with Gasteiger partial charge in [-0.3, -0.25) is 9.80 Å². The maximum Gasteiger partial charge on any atom is 0.410 e. The summed E-state index contributed by atoms with van der Waals surface area (Å²) in [7, 11) is 0. The highest BCUT2D eigenvalue weighted by Gasteiger charge is 2.46. The predicted octanol–water partition coefficient (Wildman–Crippen LogP) is 8.03. The summed E-state index contributed by atoms with van der Waals surface area (Å²) in [5, 5.41) is 0. The number of carbonyl (C=O) groups is 1. The van der Waals surface area contributed by atoms with Gasteiger partial charge in [0.05, 0.1) is 17.1 Å². The first-order valence-electron chi connectivity index (χ1n) is 16.6. The van der Waals surface area contributed by atoms with Crippen LogP contribution in [0.4, 0.5) is 4.79 Å². The van der Waals surface area contributed by atoms with Crippen LogP contribution >= 0.6 is 0 Å². The molecule has 4 heterocycles. The Labute approximate surface area is 240 Å². The van der Waals surface area contributed by atoms with Gasteiger partial charge in [-0.05, 0) is 103 Å². The van der Waals surface area contributed by atoms with Crippen LogP contribution in [0, 0.1) is 11.8 Å². The van der Waals surface area contributed by atoms with E-state index in [0.717, 1.165) is 48.6 Å². The number of amides is 1. The maximum atomic E-state index is 13.3. The Hall–Kier alpha value is -2.08. The molecule has 0 radical (unpaired) electrons. The Balaban J connectivity index is 1.19. The van der Waals surface area contributed by atoms with Gasteiger partial charge in [0.15, 0.2) is 0 Å². The van der Waals surface area contributed by atoms with Crippen LogP contribution in [0.15, 0.2) is 24.3 Å². The molecule has 7 atom stereocenters. The lowest BCUT2D eigenvalue weighted by Crippen LogP contribution is -2.58. The van der Waals surface area contributed by atoms with Crippen molar-refractivity contribution < 1.29 is 9.53 Å². The van der Waals surface area contributed by atoms with E-state index in [9.17, 15) is 4.79 Å². The van der Waals surface area contributed by atoms with E-state index in [1.807, 2.05) is 25.7 Å². The summed E-state index contributed by atoms with van der Waals surface area (Å²) in [5.41, 5.74) is 1.82. The van der Waals surface area contributed by atoms with Gasteiger partial charge in [-0.2, -0.15) is 0 Å². The van der Waals surface area contributed by atoms with Gasteiger partial charge in [-0.1, -0.05) is 44.2 Å². The molecule has 5 aliphatic rings. The molecule has 3 saturated heterocycles. The minimum atomic E-state index is -0.495. The van der Waals surface area contributed by atoms with Gasteiger partial charge in [-0.15, -0.1) is 0 Å². The number of hydrogen-bond acceptors (Lipinski definition) is 4. The first-order chi connectivity index (χ1) is 19.3. The zero-order valence-electron chi connectivity index (χ0n) is 25.1. The summed E-state index contributed by atoms with van der Waals surface area (Å²) in [5.74, 6) is 3.02. The fourth-order valence-electron chi connectivity index (χ4n) is 9.56. The summed E-state index contributed by atoms with van der Waals surface area (Å²) < 4.78 is 8.45. The topological polar surface area (TPSA) is 50.6 Å². The van der Waals surface area contributed by atoms with Crippen LogP contribution in [0.2, 0.25) is 0 Å². The molecule has 0 spiro atoms. The van der Waals surface area contributed by atoms with Crippen molar-refractivity contribution in [2.75, 3.05) is 6.54 Å². The van der Waals surface area contributed by atoms with Gasteiger partial charge in [0, 0.05) is 30.7 Å². The van der Waals surface area contributed by atoms with Gasteiger partial charge < -0.3 is 9.30 Å². The molecular weight excluding hydrogens is 496 g/mol. The Morgan fingerprint density at radius 3 is 2.20 bits per heavy atom. The molecule has 2 aromatic rings. The zero-order chi connectivity index (χ0) is 27.4. The summed E-state index contributed by atoms with van der Waals surface area (Å²) >= 11 is 0. The minimum absolute atomic E-state index is 0.0124. The molecule has 5 fully saturated rings. The molecule has 1 aromatic heterocycles. The highest BCUT2D eigenvalue weighted by molar-refractivity contribution is 5.77. The molecule has 6 nitrogen and oxygen atoms in total. The van der Waals surface area contributed by atoms with Crippen molar-refractivity contribution in [1.29, 1.82) is 0 Å². The molecule has 2 unspecified atom stereocenters. The van der Waals surface area contributed by atoms with E-state index in [4.69, 9.17) is 9.72 Å². The summed E-state index contributed by atoms with van der Waals surface area (Å²) in [6, 6.07) is 11.3. The van der Waals surface area contributed by atoms with Gasteiger partial charge in [0.1, 0.15) is 11.4 Å². The van der Waals surface area contributed by atoms with E-state index in [-0.39, 0.29) is 12.1 Å². The second-order valence-corrected chi connectivity index (χ2v) is 14.8. The van der Waals surface area contributed by atoms with Crippen molar-refractivity contribution >= 4 is 17.1 Å². The standard InChI is InChI=1S/C34H50N4O2/c1-34(2,3)40-33(39)36-17-9-16-31(36)32-35-29-14-6-7-15-30(29)38(32)28-21-25-12-8-13-26(22-28)37(25)27-19-23-10-4-5-11-24(18-23)20-27/h6-7,14-15,23-28,31H,4-5,8-13,16-22H2,1-3H3/t23-,24+,25-,26+,27?,28?,31-/m0/s1. The molecule has 3 aliphatic heterocycles. The quantitative estimate of drug-likeness (QED) is 0.391. The lowest BCUT2D eigenvalue weighted by molar-refractivity contribution is -0.0424. The number of fused-ring (bicyclic) bond motifs is 5. The number of nitrogens with zero attached hydrogens (tertiary/aromatic N) is 4. The van der Waals surface area contributed by atoms with Gasteiger partial charge in [0.25, 0.3) is 0 Å². The lowest BCUT2D eigenvalue weighted by Gasteiger charge is -2.54. The molecule has 40 heavy (non-hydrogen) atoms. The molecule has 1 amide bonds. The first-order valence-corrected chi connectivity index (χ1v) is 16.6. The van der Waals surface area contributed by atoms with Crippen LogP contribution in [0.1, 0.15) is 129 Å². The number of piperidine rings is 2. The Kier molecular flexibility index (Phi) is 7.13. The van der Waals surface area contributed by atoms with E-state index in [1.54, 1.807) is 0 Å². The normalized spacial score (nSPS) is 35.1. The van der Waals surface area contributed by atoms with Crippen LogP contribution in [-0.2, 0) is 4.74 Å². The summed E-state index contributed by atoms with van der Waals surface area (Å²) in [4.78, 5) is 23.6. The molecule has 6 heteroatoms. The molecule has 1 aromatic carbocycles. The molecule has 2 saturated carbocycles. The Morgan fingerprint density at radius 2 is 1.50 bits per heavy atom. The highest BCUT2D eigenvalue weighted by atomic mass is 16.6. The predicted molar refractivity (Wildman–Crippen MR) is 159 cm³/mol. The molecule has 218 valence electrons. The Bertz CT molecular complexity index is 1190. The SMILES string of the molecule is CC(C)(C)OC(=O)N1CCC[C@H]1c1nc2ccccc2n1C1C[C@H]2CCC[C@@H](C1)N2C1C[C@H]2CCCC[C@@H](C1)C2. The first kappa shape index (κ1) is 26.8. The fourth-order valence-corrected chi connectivity index (χ4v) is 9.56. The number of ether oxygens (including phenoxy) is 1. The van der Waals surface area contributed by atoms with Crippen LogP contribution in [-0.4, -0.2) is 55.7 Å². The number of hydrogen-bond donors (Lipinski definition) is 0. The maximum absolute atomic E-state index is 13.3. The fraction of sp³-hybridized carbons (Fsp3) is 0.765. The molecule has 0 N–H and O–H groups in total. The van der Waals surface area contributed by atoms with E-state index in [1.165, 1.54) is 82.6 Å². The van der Waals surface area contributed by atoms with Gasteiger partial charge >= 0.3 is 6.09 Å². The van der Waals surface area contributed by atoms with E-state index < -0.39 is 5.60 Å². The molecule has 2 aliphatic carbocycles. The number of benzene rings is 1. The van der Waals surface area contributed by atoms with Crippen molar-refractivity contribution in [3.8, 4) is 0 Å². The van der Waals surface area contributed by atoms with Crippen molar-refractivity contribution in [2.45, 2.75) is 146 Å². The minimum Gasteiger partial charge on any atom is -0.444 e. The van der Waals surface area contributed by atoms with Crippen LogP contribution in [0.3, 0.4) is 0 Å². The third kappa shape index (κ3) is 5.07. The van der Waals surface area contributed by atoms with Crippen molar-refractivity contribution in [1.82, 2.24) is 19.4 Å². The van der Waals surface area contributed by atoms with E-state index in [2.05, 4.69) is 33.7 Å². The second-order valence-electron chi connectivity index (χ2n) is 14.8. The number of likely N-dealkylation sites (tertiary alicyclic amines) is 1. The third-order valence-electron chi connectivity index (χ3n) is 10.9. The summed E-state index contributed by atoms with van der Waals surface area (Å²) in [6.07, 6.45) is 18.5. The summed E-state index contributed by atoms with van der Waals surface area (Å²) in [6.45, 7) is 6.62. The van der Waals surface area contributed by atoms with Crippen molar-refractivity contribution in [3.05, 3.63) is 30.1 Å². The van der Waals surface area contributed by atoms with Crippen molar-refractivity contribution in [3.63, 3.8) is 0 Å². The number of imidazole rings is 1. The zero-order valence-corrected chi connectivity index (χ0v) is 25.1. The van der Waals surface area contributed by atoms with Crippen LogP contribution in [0.25, 0.3) is 11.0 Å². The third-order valence-corrected chi connectivity index (χ3v) is 10.9. The van der Waals surface area contributed by atoms with Crippen molar-refractivity contribution in [2.24, 2.45) is 11.8 Å². The Morgan fingerprint density at radius 1 is 0.800 bits per heavy atom. The average molecular weight is 547 g/mol. The largest absolute Gasteiger partial charge is 0.444 e. The molecular formula is C34H50N4O2. The smallest absolute Gasteiger partial charge is 0.410 e. The number of para-hydroxylation sites is 2. The van der Waals surface area contributed by atoms with Gasteiger partial charge in [0.2, 0.25) is 0 Å². The lowest BCUT2D eigenvalue weighted by atomic mass is 9.73. The number of rotatable bonds is 3. The van der Waals surface area contributed by atoms with Crippen LogP contribution in [0.5, 0.6) is 0 Å². The average Bonchev–Trinajstić information content (AvgIpc) is 3.50. The highest BCUT2D eigenvalue weighted by Crippen LogP contribution is 2.48. The number of carbonyl (C=O) groups excluding carboxylic acids is 1. The molecule has 7 rings (SSSR count). The number of aromatic nitrogens is 2. The van der Waals surface area contributed by atoms with Gasteiger partial charge in [-0.25, -0.2) is 9.78 Å². The second kappa shape index (κ2) is 10.6. The van der Waals surface area contributed by atoms with E-state index >= 15 is 0 Å². The van der Waals surface area contributed by atoms with E-state index in [0.29, 0.717) is 18.1 Å². The van der Waals surface area contributed by atoms with Crippen LogP contribution < -0.4 is 0 Å².